The van der Waals surface area contributed by atoms with Gasteiger partial charge < -0.3 is 5.11 Å². The molecule has 0 spiro atoms. The first kappa shape index (κ1) is 9.10. The van der Waals surface area contributed by atoms with E-state index in [1.807, 2.05) is 0 Å². The summed E-state index contributed by atoms with van der Waals surface area (Å²) in [6.45, 7) is 0. The molecule has 0 rings (SSSR count). The lowest BCUT2D eigenvalue weighted by Gasteiger charge is -1.88. The molecule has 0 unspecified atom stereocenters. The van der Waals surface area contributed by atoms with Crippen molar-refractivity contribution < 1.29 is 19.5 Å². The van der Waals surface area contributed by atoms with E-state index in [1.165, 1.54) is 0 Å². The highest BCUT2D eigenvalue weighted by molar-refractivity contribution is 6.63. The molecule has 10 heavy (non-hydrogen) atoms. The van der Waals surface area contributed by atoms with Crippen molar-refractivity contribution in [3.05, 3.63) is 0 Å². The highest BCUT2D eigenvalue weighted by atomic mass is 35.5. The Hall–Kier alpha value is -0.900. The smallest absolute Gasteiger partial charge is 0.372 e. The molecule has 0 aromatic carbocycles. The third kappa shape index (κ3) is 4.03. The SMILES string of the molecule is O=C(Cl)CCC(=O)C(=O)O. The number of carboxylic acids is 1. The second-order valence-corrected chi connectivity index (χ2v) is 2.01. The molecule has 0 aliphatic carbocycles. The van der Waals surface area contributed by atoms with Crippen molar-refractivity contribution in [2.24, 2.45) is 0 Å². The maximum atomic E-state index is 10.2. The first-order valence-corrected chi connectivity index (χ1v) is 2.86. The van der Waals surface area contributed by atoms with Gasteiger partial charge in [-0.1, -0.05) is 0 Å². The molecule has 1 N–H and O–H groups in total. The molecule has 0 saturated heterocycles. The molecule has 0 heterocycles. The molecular weight excluding hydrogens is 160 g/mol. The number of carboxylic acid groups (broad SMARTS) is 1. The van der Waals surface area contributed by atoms with Gasteiger partial charge in [-0.3, -0.25) is 9.59 Å². The maximum Gasteiger partial charge on any atom is 0.372 e. The quantitative estimate of drug-likeness (QED) is 0.476. The van der Waals surface area contributed by atoms with Crippen LogP contribution in [0.15, 0.2) is 0 Å². The van der Waals surface area contributed by atoms with E-state index in [-0.39, 0.29) is 12.8 Å². The molecule has 0 amide bonds. The largest absolute Gasteiger partial charge is 0.476 e. The van der Waals surface area contributed by atoms with Gasteiger partial charge in [0.05, 0.1) is 0 Å². The number of carbonyl (C=O) groups is 3. The summed E-state index contributed by atoms with van der Waals surface area (Å²) in [7, 11) is 0. The Balaban J connectivity index is 3.60. The number of carbonyl (C=O) groups excluding carboxylic acids is 2. The van der Waals surface area contributed by atoms with E-state index in [9.17, 15) is 14.4 Å². The Labute approximate surface area is 61.8 Å². The Morgan fingerprint density at radius 1 is 1.20 bits per heavy atom. The molecule has 0 aliphatic rings. The topological polar surface area (TPSA) is 71.4 Å². The number of rotatable bonds is 4. The summed E-state index contributed by atoms with van der Waals surface area (Å²) in [6, 6.07) is 0. The van der Waals surface area contributed by atoms with Gasteiger partial charge in [-0.2, -0.15) is 0 Å². The van der Waals surface area contributed by atoms with Gasteiger partial charge in [0.2, 0.25) is 11.0 Å². The maximum absolute atomic E-state index is 10.2. The van der Waals surface area contributed by atoms with Crippen molar-refractivity contribution >= 4 is 28.6 Å². The summed E-state index contributed by atoms with van der Waals surface area (Å²) in [5.41, 5.74) is 0. The van der Waals surface area contributed by atoms with Gasteiger partial charge >= 0.3 is 5.97 Å². The van der Waals surface area contributed by atoms with Crippen LogP contribution in [-0.4, -0.2) is 22.1 Å². The third-order valence-corrected chi connectivity index (χ3v) is 0.976. The lowest BCUT2D eigenvalue weighted by Crippen LogP contribution is -2.12. The fourth-order valence-electron chi connectivity index (χ4n) is 0.319. The van der Waals surface area contributed by atoms with Crippen LogP contribution in [-0.2, 0) is 14.4 Å². The predicted molar refractivity (Wildman–Crippen MR) is 32.7 cm³/mol. The summed E-state index contributed by atoms with van der Waals surface area (Å²) in [5, 5.41) is 7.29. The van der Waals surface area contributed by atoms with Crippen molar-refractivity contribution in [3.8, 4) is 0 Å². The first-order chi connectivity index (χ1) is 4.54. The summed E-state index contributed by atoms with van der Waals surface area (Å²) < 4.78 is 0. The van der Waals surface area contributed by atoms with E-state index in [0.29, 0.717) is 0 Å². The molecule has 0 bridgehead atoms. The van der Waals surface area contributed by atoms with Gasteiger partial charge in [0, 0.05) is 12.8 Å². The van der Waals surface area contributed by atoms with Crippen molar-refractivity contribution in [1.82, 2.24) is 0 Å². The van der Waals surface area contributed by atoms with Crippen LogP contribution in [0.3, 0.4) is 0 Å². The van der Waals surface area contributed by atoms with Crippen molar-refractivity contribution in [2.75, 3.05) is 0 Å². The molecule has 4 nitrogen and oxygen atoms in total. The van der Waals surface area contributed by atoms with E-state index in [4.69, 9.17) is 16.7 Å². The van der Waals surface area contributed by atoms with Crippen molar-refractivity contribution in [1.29, 1.82) is 0 Å². The zero-order chi connectivity index (χ0) is 8.15. The second kappa shape index (κ2) is 4.00. The van der Waals surface area contributed by atoms with Crippen LogP contribution >= 0.6 is 11.6 Å². The number of ketones is 1. The molecule has 56 valence electrons. The van der Waals surface area contributed by atoms with Crippen molar-refractivity contribution in [2.45, 2.75) is 12.8 Å². The van der Waals surface area contributed by atoms with Gasteiger partial charge in [-0.05, 0) is 11.6 Å². The van der Waals surface area contributed by atoms with Crippen LogP contribution in [0.2, 0.25) is 0 Å². The van der Waals surface area contributed by atoms with Gasteiger partial charge in [0.1, 0.15) is 0 Å². The number of halogens is 1. The molecular formula is C5H5ClO4. The van der Waals surface area contributed by atoms with E-state index >= 15 is 0 Å². The summed E-state index contributed by atoms with van der Waals surface area (Å²) >= 11 is 4.84. The lowest BCUT2D eigenvalue weighted by molar-refractivity contribution is -0.149. The first-order valence-electron chi connectivity index (χ1n) is 2.48. The average molecular weight is 165 g/mol. The zero-order valence-corrected chi connectivity index (χ0v) is 5.72. The second-order valence-electron chi connectivity index (χ2n) is 1.58. The van der Waals surface area contributed by atoms with Crippen LogP contribution in [0.25, 0.3) is 0 Å². The van der Waals surface area contributed by atoms with E-state index in [2.05, 4.69) is 0 Å². The summed E-state index contributed by atoms with van der Waals surface area (Å²) in [6.07, 6.45) is -0.537. The summed E-state index contributed by atoms with van der Waals surface area (Å²) in [5.74, 6) is -2.52. The summed E-state index contributed by atoms with van der Waals surface area (Å²) in [4.78, 5) is 30.0. The monoisotopic (exact) mass is 164 g/mol. The lowest BCUT2D eigenvalue weighted by atomic mass is 10.2. The molecule has 5 heteroatoms. The number of hydrogen-bond acceptors (Lipinski definition) is 3. The normalized spacial score (nSPS) is 8.90. The molecule has 0 aliphatic heterocycles. The minimum Gasteiger partial charge on any atom is -0.476 e. The molecule has 0 atom stereocenters. The minimum absolute atomic E-state index is 0.216. The van der Waals surface area contributed by atoms with Crippen LogP contribution in [0.5, 0.6) is 0 Å². The highest BCUT2D eigenvalue weighted by Gasteiger charge is 2.11. The standard InChI is InChI=1S/C5H5ClO4/c6-4(8)2-1-3(7)5(9)10/h1-2H2,(H,9,10). The van der Waals surface area contributed by atoms with Gasteiger partial charge in [-0.15, -0.1) is 0 Å². The fraction of sp³-hybridized carbons (Fsp3) is 0.400. The van der Waals surface area contributed by atoms with Crippen LogP contribution in [0.4, 0.5) is 0 Å². The Kier molecular flexibility index (Phi) is 3.64. The highest BCUT2D eigenvalue weighted by Crippen LogP contribution is 1.95. The molecule has 0 fully saturated rings. The van der Waals surface area contributed by atoms with Crippen LogP contribution < -0.4 is 0 Å². The number of aliphatic carboxylic acids is 1. The van der Waals surface area contributed by atoms with E-state index < -0.39 is 17.0 Å². The minimum atomic E-state index is -1.53. The molecule has 0 radical (unpaired) electrons. The Morgan fingerprint density at radius 3 is 2.00 bits per heavy atom. The Morgan fingerprint density at radius 2 is 1.70 bits per heavy atom. The van der Waals surface area contributed by atoms with Crippen LogP contribution in [0.1, 0.15) is 12.8 Å². The number of hydrogen-bond donors (Lipinski definition) is 1. The zero-order valence-electron chi connectivity index (χ0n) is 4.96. The van der Waals surface area contributed by atoms with Gasteiger partial charge in [-0.25, -0.2) is 4.79 Å². The third-order valence-electron chi connectivity index (χ3n) is 0.787. The molecule has 0 aromatic rings. The average Bonchev–Trinajstić information content (AvgIpc) is 1.82. The molecule has 0 saturated carbocycles. The van der Waals surface area contributed by atoms with E-state index in [1.54, 1.807) is 0 Å². The fourth-order valence-corrected chi connectivity index (χ4v) is 0.413. The van der Waals surface area contributed by atoms with Crippen molar-refractivity contribution in [3.63, 3.8) is 0 Å². The predicted octanol–water partition coefficient (Wildman–Crippen LogP) is 0.186. The van der Waals surface area contributed by atoms with Gasteiger partial charge in [0.15, 0.2) is 0 Å². The van der Waals surface area contributed by atoms with E-state index in [0.717, 1.165) is 0 Å². The number of Topliss-reactive ketones (excluding diaryl/α,β-unsaturated/α-hetero) is 1. The Bertz CT molecular complexity index is 174. The molecule has 0 aromatic heterocycles. The van der Waals surface area contributed by atoms with Gasteiger partial charge in [0.25, 0.3) is 0 Å². The van der Waals surface area contributed by atoms with Crippen LogP contribution in [0, 0.1) is 0 Å².